The summed E-state index contributed by atoms with van der Waals surface area (Å²) in [5, 5.41) is 3.12. The highest BCUT2D eigenvalue weighted by atomic mass is 35.5. The van der Waals surface area contributed by atoms with Crippen molar-refractivity contribution >= 4 is 23.3 Å². The molecule has 0 atom stereocenters. The van der Waals surface area contributed by atoms with E-state index in [1.54, 1.807) is 25.1 Å². The van der Waals surface area contributed by atoms with Gasteiger partial charge < -0.3 is 5.32 Å². The van der Waals surface area contributed by atoms with Gasteiger partial charge in [-0.15, -0.1) is 0 Å². The molecule has 0 aliphatic rings. The average Bonchev–Trinajstić information content (AvgIpc) is 2.14. The monoisotopic (exact) mass is 225 g/mol. The first-order valence-corrected chi connectivity index (χ1v) is 4.92. The summed E-state index contributed by atoms with van der Waals surface area (Å²) in [4.78, 5) is 22.3. The maximum Gasteiger partial charge on any atom is 0.251 e. The van der Waals surface area contributed by atoms with Crippen LogP contribution in [0.15, 0.2) is 18.2 Å². The Morgan fingerprint density at radius 2 is 2.07 bits per heavy atom. The summed E-state index contributed by atoms with van der Waals surface area (Å²) < 4.78 is 0. The van der Waals surface area contributed by atoms with Gasteiger partial charge in [0.15, 0.2) is 0 Å². The fourth-order valence-electron chi connectivity index (χ4n) is 1.18. The zero-order valence-electron chi connectivity index (χ0n) is 8.63. The molecule has 0 spiro atoms. The van der Waals surface area contributed by atoms with Crippen LogP contribution in [0.2, 0.25) is 5.02 Å². The molecule has 0 bridgehead atoms. The van der Waals surface area contributed by atoms with E-state index >= 15 is 0 Å². The molecule has 0 fully saturated rings. The molecule has 1 aromatic rings. The number of benzene rings is 1. The molecule has 1 N–H and O–H groups in total. The molecule has 0 unspecified atom stereocenters. The first-order chi connectivity index (χ1) is 7.00. The molecule has 0 heterocycles. The molecule has 1 aromatic carbocycles. The van der Waals surface area contributed by atoms with Gasteiger partial charge in [0.2, 0.25) is 0 Å². The average molecular weight is 226 g/mol. The van der Waals surface area contributed by atoms with Crippen LogP contribution in [0.25, 0.3) is 0 Å². The largest absolute Gasteiger partial charge is 0.345 e. The van der Waals surface area contributed by atoms with Crippen LogP contribution in [-0.2, 0) is 4.79 Å². The van der Waals surface area contributed by atoms with E-state index in [0.29, 0.717) is 10.6 Å². The molecule has 15 heavy (non-hydrogen) atoms. The van der Waals surface area contributed by atoms with E-state index in [1.165, 1.54) is 6.92 Å². The lowest BCUT2D eigenvalue weighted by Crippen LogP contribution is -2.28. The third kappa shape index (κ3) is 3.36. The molecular formula is C11H12ClNO2. The van der Waals surface area contributed by atoms with Crippen molar-refractivity contribution in [1.82, 2.24) is 5.32 Å². The number of rotatable bonds is 3. The van der Waals surface area contributed by atoms with Crippen LogP contribution in [0, 0.1) is 6.92 Å². The SMILES string of the molecule is CC(=O)CNC(=O)c1ccc(Cl)cc1C. The fourth-order valence-corrected chi connectivity index (χ4v) is 1.41. The number of carbonyl (C=O) groups excluding carboxylic acids is 2. The highest BCUT2D eigenvalue weighted by Gasteiger charge is 2.08. The summed E-state index contributed by atoms with van der Waals surface area (Å²) in [7, 11) is 0. The van der Waals surface area contributed by atoms with E-state index in [2.05, 4.69) is 5.32 Å². The van der Waals surface area contributed by atoms with Gasteiger partial charge in [0, 0.05) is 10.6 Å². The Hall–Kier alpha value is -1.35. The summed E-state index contributed by atoms with van der Waals surface area (Å²) >= 11 is 5.76. The number of Topliss-reactive ketones (excluding diaryl/α,β-unsaturated/α-hetero) is 1. The van der Waals surface area contributed by atoms with E-state index in [9.17, 15) is 9.59 Å². The Morgan fingerprint density at radius 3 is 2.60 bits per heavy atom. The van der Waals surface area contributed by atoms with Gasteiger partial charge in [-0.05, 0) is 37.6 Å². The first-order valence-electron chi connectivity index (χ1n) is 4.54. The second-order valence-electron chi connectivity index (χ2n) is 3.34. The Balaban J connectivity index is 2.78. The molecule has 0 aliphatic carbocycles. The molecule has 80 valence electrons. The van der Waals surface area contributed by atoms with Gasteiger partial charge in [-0.2, -0.15) is 0 Å². The van der Waals surface area contributed by atoms with Crippen molar-refractivity contribution in [3.63, 3.8) is 0 Å². The zero-order chi connectivity index (χ0) is 11.4. The Bertz CT molecular complexity index is 402. The number of ketones is 1. The molecule has 4 heteroatoms. The number of hydrogen-bond donors (Lipinski definition) is 1. The molecule has 0 saturated carbocycles. The Labute approximate surface area is 93.4 Å². The predicted molar refractivity (Wildman–Crippen MR) is 59.2 cm³/mol. The van der Waals surface area contributed by atoms with Crippen molar-refractivity contribution in [2.75, 3.05) is 6.54 Å². The van der Waals surface area contributed by atoms with Crippen molar-refractivity contribution < 1.29 is 9.59 Å². The van der Waals surface area contributed by atoms with Gasteiger partial charge in [0.05, 0.1) is 6.54 Å². The van der Waals surface area contributed by atoms with Gasteiger partial charge in [-0.3, -0.25) is 9.59 Å². The normalized spacial score (nSPS) is 9.80. The second kappa shape index (κ2) is 4.94. The summed E-state index contributed by atoms with van der Waals surface area (Å²) in [5.74, 6) is -0.325. The van der Waals surface area contributed by atoms with Crippen LogP contribution in [0.1, 0.15) is 22.8 Å². The van der Waals surface area contributed by atoms with Crippen molar-refractivity contribution in [2.45, 2.75) is 13.8 Å². The fraction of sp³-hybridized carbons (Fsp3) is 0.273. The molecular weight excluding hydrogens is 214 g/mol. The van der Waals surface area contributed by atoms with E-state index < -0.39 is 0 Å². The third-order valence-corrected chi connectivity index (χ3v) is 2.17. The van der Waals surface area contributed by atoms with Gasteiger partial charge in [0.1, 0.15) is 5.78 Å². The highest BCUT2D eigenvalue weighted by molar-refractivity contribution is 6.30. The van der Waals surface area contributed by atoms with Crippen molar-refractivity contribution in [3.05, 3.63) is 34.3 Å². The maximum absolute atomic E-state index is 11.6. The Kier molecular flexibility index (Phi) is 3.86. The van der Waals surface area contributed by atoms with E-state index in [0.717, 1.165) is 5.56 Å². The van der Waals surface area contributed by atoms with Crippen LogP contribution < -0.4 is 5.32 Å². The quantitative estimate of drug-likeness (QED) is 0.855. The zero-order valence-corrected chi connectivity index (χ0v) is 9.39. The lowest BCUT2D eigenvalue weighted by atomic mass is 10.1. The van der Waals surface area contributed by atoms with Crippen LogP contribution in [-0.4, -0.2) is 18.2 Å². The first kappa shape index (κ1) is 11.7. The number of amides is 1. The molecule has 1 rings (SSSR count). The third-order valence-electron chi connectivity index (χ3n) is 1.93. The van der Waals surface area contributed by atoms with E-state index in [-0.39, 0.29) is 18.2 Å². The Morgan fingerprint density at radius 1 is 1.40 bits per heavy atom. The predicted octanol–water partition coefficient (Wildman–Crippen LogP) is 1.97. The minimum absolute atomic E-state index is 0.0564. The van der Waals surface area contributed by atoms with Gasteiger partial charge >= 0.3 is 0 Å². The number of halogens is 1. The molecule has 0 aromatic heterocycles. The lowest BCUT2D eigenvalue weighted by Gasteiger charge is -2.06. The van der Waals surface area contributed by atoms with E-state index in [1.807, 2.05) is 0 Å². The molecule has 1 amide bonds. The van der Waals surface area contributed by atoms with Gasteiger partial charge in [0.25, 0.3) is 5.91 Å². The van der Waals surface area contributed by atoms with Crippen LogP contribution in [0.4, 0.5) is 0 Å². The van der Waals surface area contributed by atoms with E-state index in [4.69, 9.17) is 11.6 Å². The highest BCUT2D eigenvalue weighted by Crippen LogP contribution is 2.14. The number of nitrogens with one attached hydrogen (secondary N) is 1. The minimum atomic E-state index is -0.251. The molecule has 3 nitrogen and oxygen atoms in total. The second-order valence-corrected chi connectivity index (χ2v) is 3.78. The number of hydrogen-bond acceptors (Lipinski definition) is 2. The molecule has 0 aliphatic heterocycles. The molecule has 0 radical (unpaired) electrons. The molecule has 0 saturated heterocycles. The lowest BCUT2D eigenvalue weighted by molar-refractivity contribution is -0.116. The van der Waals surface area contributed by atoms with Crippen LogP contribution in [0.3, 0.4) is 0 Å². The van der Waals surface area contributed by atoms with Crippen LogP contribution in [0.5, 0.6) is 0 Å². The van der Waals surface area contributed by atoms with Crippen molar-refractivity contribution in [1.29, 1.82) is 0 Å². The number of aryl methyl sites for hydroxylation is 1. The summed E-state index contributed by atoms with van der Waals surface area (Å²) in [5.41, 5.74) is 1.34. The van der Waals surface area contributed by atoms with Crippen LogP contribution >= 0.6 is 11.6 Å². The summed E-state index contributed by atoms with van der Waals surface area (Å²) in [6.07, 6.45) is 0. The standard InChI is InChI=1S/C11H12ClNO2/c1-7-5-9(12)3-4-10(7)11(15)13-6-8(2)14/h3-5H,6H2,1-2H3,(H,13,15). The maximum atomic E-state index is 11.6. The summed E-state index contributed by atoms with van der Waals surface area (Å²) in [6.45, 7) is 3.28. The van der Waals surface area contributed by atoms with Gasteiger partial charge in [-0.1, -0.05) is 11.6 Å². The summed E-state index contributed by atoms with van der Waals surface area (Å²) in [6, 6.07) is 5.01. The number of carbonyl (C=O) groups is 2. The van der Waals surface area contributed by atoms with Crippen molar-refractivity contribution in [2.24, 2.45) is 0 Å². The smallest absolute Gasteiger partial charge is 0.251 e. The minimum Gasteiger partial charge on any atom is -0.345 e. The van der Waals surface area contributed by atoms with Crippen molar-refractivity contribution in [3.8, 4) is 0 Å². The topological polar surface area (TPSA) is 46.2 Å². The van der Waals surface area contributed by atoms with Gasteiger partial charge in [-0.25, -0.2) is 0 Å².